The Morgan fingerprint density at radius 3 is 2.60 bits per heavy atom. The van der Waals surface area contributed by atoms with Gasteiger partial charge in [0.2, 0.25) is 0 Å². The molecule has 1 saturated heterocycles. The summed E-state index contributed by atoms with van der Waals surface area (Å²) in [5.74, 6) is 0.792. The molecule has 0 spiro atoms. The van der Waals surface area contributed by atoms with E-state index in [1.807, 2.05) is 30.2 Å². The van der Waals surface area contributed by atoms with Gasteiger partial charge in [-0.1, -0.05) is 0 Å². The second kappa shape index (κ2) is 5.21. The van der Waals surface area contributed by atoms with Gasteiger partial charge in [-0.2, -0.15) is 10.4 Å². The first-order valence-electron chi connectivity index (χ1n) is 6.61. The quantitative estimate of drug-likeness (QED) is 0.813. The van der Waals surface area contributed by atoms with Gasteiger partial charge >= 0.3 is 0 Å². The summed E-state index contributed by atoms with van der Waals surface area (Å²) >= 11 is 0. The molecule has 1 fully saturated rings. The van der Waals surface area contributed by atoms with E-state index >= 15 is 0 Å². The van der Waals surface area contributed by atoms with Gasteiger partial charge in [0.25, 0.3) is 0 Å². The summed E-state index contributed by atoms with van der Waals surface area (Å²) in [5.41, 5.74) is 1.79. The van der Waals surface area contributed by atoms with Crippen LogP contribution in [-0.4, -0.2) is 40.9 Å². The fourth-order valence-electron chi connectivity index (χ4n) is 2.48. The molecular weight excluding hydrogens is 252 g/mol. The average molecular weight is 268 g/mol. The lowest BCUT2D eigenvalue weighted by molar-refractivity contribution is 0.646. The molecule has 0 atom stereocenters. The fourth-order valence-corrected chi connectivity index (χ4v) is 2.48. The number of nitrogens with zero attached hydrogens (tertiary/aromatic N) is 6. The molecule has 1 aliphatic rings. The van der Waals surface area contributed by atoms with Crippen molar-refractivity contribution in [1.82, 2.24) is 14.8 Å². The highest BCUT2D eigenvalue weighted by molar-refractivity contribution is 5.55. The maximum atomic E-state index is 9.14. The Bertz CT molecular complexity index is 633. The summed E-state index contributed by atoms with van der Waals surface area (Å²) in [5, 5.41) is 13.3. The first-order chi connectivity index (χ1) is 9.78. The molecule has 3 rings (SSSR count). The molecule has 0 N–H and O–H groups in total. The van der Waals surface area contributed by atoms with Gasteiger partial charge in [0.05, 0.1) is 17.4 Å². The molecule has 0 aliphatic carbocycles. The lowest BCUT2D eigenvalue weighted by Crippen LogP contribution is -2.47. The Balaban J connectivity index is 1.71. The fraction of sp³-hybridized carbons (Fsp3) is 0.357. The Labute approximate surface area is 117 Å². The molecule has 0 unspecified atom stereocenters. The van der Waals surface area contributed by atoms with Gasteiger partial charge in [-0.15, -0.1) is 0 Å². The average Bonchev–Trinajstić information content (AvgIpc) is 2.94. The molecule has 0 saturated carbocycles. The number of anilines is 2. The zero-order chi connectivity index (χ0) is 13.9. The first-order valence-corrected chi connectivity index (χ1v) is 6.61. The number of hydrogen-bond donors (Lipinski definition) is 0. The summed E-state index contributed by atoms with van der Waals surface area (Å²) in [4.78, 5) is 8.82. The topological polar surface area (TPSA) is 61.0 Å². The monoisotopic (exact) mass is 268 g/mol. The van der Waals surface area contributed by atoms with E-state index in [1.165, 1.54) is 0 Å². The number of hydrogen-bond acceptors (Lipinski definition) is 5. The molecule has 20 heavy (non-hydrogen) atoms. The first kappa shape index (κ1) is 12.5. The predicted molar refractivity (Wildman–Crippen MR) is 76.6 cm³/mol. The van der Waals surface area contributed by atoms with E-state index in [1.54, 1.807) is 12.3 Å². The van der Waals surface area contributed by atoms with E-state index in [-0.39, 0.29) is 0 Å². The maximum Gasteiger partial charge on any atom is 0.146 e. The van der Waals surface area contributed by atoms with Gasteiger partial charge in [0.15, 0.2) is 0 Å². The molecule has 3 heterocycles. The lowest BCUT2D eigenvalue weighted by atomic mass is 10.2. The number of nitriles is 1. The van der Waals surface area contributed by atoms with Crippen molar-refractivity contribution in [3.05, 3.63) is 36.3 Å². The number of aromatic nitrogens is 3. The van der Waals surface area contributed by atoms with Crippen molar-refractivity contribution in [3.8, 4) is 6.07 Å². The molecule has 102 valence electrons. The highest BCUT2D eigenvalue weighted by Crippen LogP contribution is 2.20. The van der Waals surface area contributed by atoms with Crippen LogP contribution in [0.2, 0.25) is 0 Å². The highest BCUT2D eigenvalue weighted by Gasteiger charge is 2.20. The summed E-state index contributed by atoms with van der Waals surface area (Å²) < 4.78 is 1.81. The van der Waals surface area contributed by atoms with Gasteiger partial charge in [-0.25, -0.2) is 4.98 Å². The van der Waals surface area contributed by atoms with Crippen LogP contribution < -0.4 is 9.80 Å². The van der Waals surface area contributed by atoms with E-state index in [0.717, 1.165) is 37.7 Å². The second-order valence-electron chi connectivity index (χ2n) is 4.83. The van der Waals surface area contributed by atoms with Crippen LogP contribution >= 0.6 is 0 Å². The number of rotatable bonds is 2. The molecule has 2 aromatic rings. The minimum absolute atomic E-state index is 0.641. The smallest absolute Gasteiger partial charge is 0.146 e. The van der Waals surface area contributed by atoms with Crippen LogP contribution in [0.3, 0.4) is 0 Å². The van der Waals surface area contributed by atoms with E-state index in [0.29, 0.717) is 5.56 Å². The van der Waals surface area contributed by atoms with Crippen molar-refractivity contribution in [3.63, 3.8) is 0 Å². The summed E-state index contributed by atoms with van der Waals surface area (Å²) in [7, 11) is 1.92. The Hall–Kier alpha value is -2.55. The maximum absolute atomic E-state index is 9.14. The number of aryl methyl sites for hydroxylation is 1. The lowest BCUT2D eigenvalue weighted by Gasteiger charge is -2.36. The van der Waals surface area contributed by atoms with Crippen LogP contribution in [0.1, 0.15) is 5.56 Å². The Morgan fingerprint density at radius 1 is 1.20 bits per heavy atom. The van der Waals surface area contributed by atoms with Crippen molar-refractivity contribution in [2.45, 2.75) is 0 Å². The third kappa shape index (κ3) is 2.30. The van der Waals surface area contributed by atoms with Gasteiger partial charge in [-0.3, -0.25) is 4.68 Å². The molecule has 6 nitrogen and oxygen atoms in total. The molecule has 0 amide bonds. The molecule has 6 heteroatoms. The van der Waals surface area contributed by atoms with Gasteiger partial charge < -0.3 is 9.80 Å². The van der Waals surface area contributed by atoms with Gasteiger partial charge in [0.1, 0.15) is 11.9 Å². The molecular formula is C14H16N6. The minimum Gasteiger partial charge on any atom is -0.365 e. The standard InChI is InChI=1S/C14H16N6/c1-18-11-13(10-17-18)19-5-7-20(8-6-19)14-12(9-15)3-2-4-16-14/h2-4,10-11H,5-8H2,1H3. The van der Waals surface area contributed by atoms with E-state index in [2.05, 4.69) is 26.0 Å². The van der Waals surface area contributed by atoms with Crippen molar-refractivity contribution in [2.24, 2.45) is 7.05 Å². The van der Waals surface area contributed by atoms with Crippen molar-refractivity contribution < 1.29 is 0 Å². The molecule has 0 bridgehead atoms. The summed E-state index contributed by atoms with van der Waals surface area (Å²) in [6.45, 7) is 3.54. The largest absolute Gasteiger partial charge is 0.365 e. The van der Waals surface area contributed by atoms with Crippen LogP contribution in [0.5, 0.6) is 0 Å². The van der Waals surface area contributed by atoms with Gasteiger partial charge in [0, 0.05) is 45.6 Å². The van der Waals surface area contributed by atoms with Crippen molar-refractivity contribution >= 4 is 11.5 Å². The zero-order valence-electron chi connectivity index (χ0n) is 11.4. The summed E-state index contributed by atoms with van der Waals surface area (Å²) in [6, 6.07) is 5.82. The molecule has 2 aromatic heterocycles. The van der Waals surface area contributed by atoms with E-state index < -0.39 is 0 Å². The Kier molecular flexibility index (Phi) is 3.25. The minimum atomic E-state index is 0.641. The highest BCUT2D eigenvalue weighted by atomic mass is 15.3. The van der Waals surface area contributed by atoms with Crippen LogP contribution in [0, 0.1) is 11.3 Å². The van der Waals surface area contributed by atoms with E-state index in [9.17, 15) is 0 Å². The number of piperazine rings is 1. The number of pyridine rings is 1. The second-order valence-corrected chi connectivity index (χ2v) is 4.83. The predicted octanol–water partition coefficient (Wildman–Crippen LogP) is 1.01. The van der Waals surface area contributed by atoms with Crippen LogP contribution in [0.15, 0.2) is 30.7 Å². The molecule has 1 aliphatic heterocycles. The van der Waals surface area contributed by atoms with E-state index in [4.69, 9.17) is 5.26 Å². The van der Waals surface area contributed by atoms with Crippen LogP contribution in [0.4, 0.5) is 11.5 Å². The van der Waals surface area contributed by atoms with Gasteiger partial charge in [-0.05, 0) is 12.1 Å². The molecule has 0 aromatic carbocycles. The Morgan fingerprint density at radius 2 is 1.95 bits per heavy atom. The van der Waals surface area contributed by atoms with Crippen molar-refractivity contribution in [2.75, 3.05) is 36.0 Å². The summed E-state index contributed by atoms with van der Waals surface area (Å²) in [6.07, 6.45) is 5.65. The molecule has 0 radical (unpaired) electrons. The van der Waals surface area contributed by atoms with Crippen LogP contribution in [0.25, 0.3) is 0 Å². The normalized spacial score (nSPS) is 15.2. The van der Waals surface area contributed by atoms with Crippen molar-refractivity contribution in [1.29, 1.82) is 5.26 Å². The zero-order valence-corrected chi connectivity index (χ0v) is 11.4. The van der Waals surface area contributed by atoms with Crippen LogP contribution in [-0.2, 0) is 7.05 Å². The third-order valence-corrected chi connectivity index (χ3v) is 3.54. The SMILES string of the molecule is Cn1cc(N2CCN(c3ncccc3C#N)CC2)cn1. The third-order valence-electron chi connectivity index (χ3n) is 3.54.